The lowest BCUT2D eigenvalue weighted by Crippen LogP contribution is -2.14. The Kier molecular flexibility index (Phi) is 2.53. The second-order valence-electron chi connectivity index (χ2n) is 3.90. The molecule has 0 aliphatic heterocycles. The molecular formula is C13H18N2S. The summed E-state index contributed by atoms with van der Waals surface area (Å²) in [4.78, 5) is 5.86. The average molecular weight is 237 g/mol. The predicted octanol–water partition coefficient (Wildman–Crippen LogP) is 2.99. The number of nitrogens with zero attached hydrogens (tertiary/aromatic N) is 1. The first-order valence-electron chi connectivity index (χ1n) is 6.77. The molecule has 86 valence electrons. The van der Waals surface area contributed by atoms with Crippen LogP contribution in [0.5, 0.6) is 0 Å². The van der Waals surface area contributed by atoms with Gasteiger partial charge >= 0.3 is 0 Å². The second-order valence-corrected chi connectivity index (χ2v) is 4.78. The molecular weight excluding hydrogens is 216 g/mol. The van der Waals surface area contributed by atoms with Gasteiger partial charge in [-0.05, 0) is 50.5 Å². The van der Waals surface area contributed by atoms with E-state index in [1.165, 1.54) is 20.7 Å². The van der Waals surface area contributed by atoms with Gasteiger partial charge in [0.05, 0.1) is 0 Å². The van der Waals surface area contributed by atoms with E-state index in [1.807, 2.05) is 6.20 Å². The highest BCUT2D eigenvalue weighted by Gasteiger charge is 2.04. The zero-order valence-electron chi connectivity index (χ0n) is 12.6. The molecule has 0 radical (unpaired) electrons. The topological polar surface area (TPSA) is 19.0 Å². The number of rotatable bonds is 4. The van der Waals surface area contributed by atoms with Gasteiger partial charge in [-0.25, -0.2) is 0 Å². The Labute approximate surface area is 105 Å². The highest BCUT2D eigenvalue weighted by molar-refractivity contribution is 7.98. The number of aromatic nitrogens is 1. The summed E-state index contributed by atoms with van der Waals surface area (Å²) in [6.45, 7) is -1.50. The van der Waals surface area contributed by atoms with E-state index in [1.54, 1.807) is 18.8 Å². The molecule has 1 aromatic heterocycles. The van der Waals surface area contributed by atoms with Crippen LogP contribution in [-0.2, 0) is 6.42 Å². The molecule has 16 heavy (non-hydrogen) atoms. The minimum atomic E-state index is -2.02. The summed E-state index contributed by atoms with van der Waals surface area (Å²) in [5.41, 5.74) is 2.27. The summed E-state index contributed by atoms with van der Waals surface area (Å²) in [7, 11) is 1.63. The third-order valence-corrected chi connectivity index (χ3v) is 3.42. The maximum atomic E-state index is 7.34. The van der Waals surface area contributed by atoms with Gasteiger partial charge in [-0.15, -0.1) is 11.8 Å². The number of hydrogen-bond donors (Lipinski definition) is 1. The molecule has 3 heteroatoms. The lowest BCUT2D eigenvalue weighted by molar-refractivity contribution is 0.414. The molecule has 2 rings (SSSR count). The van der Waals surface area contributed by atoms with Crippen molar-refractivity contribution in [2.75, 3.05) is 26.8 Å². The van der Waals surface area contributed by atoms with Crippen molar-refractivity contribution in [1.29, 1.82) is 0 Å². The number of nitrogens with one attached hydrogen (secondary N) is 1. The van der Waals surface area contributed by atoms with Crippen LogP contribution in [0.3, 0.4) is 0 Å². The summed E-state index contributed by atoms with van der Waals surface area (Å²) < 4.78 is 22.0. The fourth-order valence-corrected chi connectivity index (χ4v) is 2.22. The highest BCUT2D eigenvalue weighted by Crippen LogP contribution is 2.24. The van der Waals surface area contributed by atoms with Crippen molar-refractivity contribution in [2.24, 2.45) is 0 Å². The molecule has 0 amide bonds. The molecule has 0 spiro atoms. The van der Waals surface area contributed by atoms with Crippen molar-refractivity contribution in [2.45, 2.75) is 11.3 Å². The Morgan fingerprint density at radius 2 is 2.38 bits per heavy atom. The number of H-pyrrole nitrogens is 1. The number of fused-ring (bicyclic) bond motifs is 1. The fourth-order valence-electron chi connectivity index (χ4n) is 1.78. The molecule has 0 saturated heterocycles. The molecule has 1 N–H and O–H groups in total. The van der Waals surface area contributed by atoms with Crippen LogP contribution in [0.1, 0.15) is 9.68 Å². The van der Waals surface area contributed by atoms with E-state index in [0.717, 1.165) is 11.9 Å². The van der Waals surface area contributed by atoms with Crippen LogP contribution in [0.25, 0.3) is 10.9 Å². The Morgan fingerprint density at radius 1 is 1.50 bits per heavy atom. The summed E-state index contributed by atoms with van der Waals surface area (Å²) in [6.07, 6.45) is 4.75. The molecule has 2 aromatic rings. The first-order chi connectivity index (χ1) is 8.91. The molecule has 0 bridgehead atoms. The summed E-state index contributed by atoms with van der Waals surface area (Å²) in [5.74, 6) is 0. The van der Waals surface area contributed by atoms with Gasteiger partial charge in [-0.2, -0.15) is 0 Å². The quantitative estimate of drug-likeness (QED) is 0.824. The van der Waals surface area contributed by atoms with Crippen molar-refractivity contribution in [3.05, 3.63) is 30.0 Å². The zero-order chi connectivity index (χ0) is 14.0. The Morgan fingerprint density at radius 3 is 3.12 bits per heavy atom. The molecule has 1 heterocycles. The molecule has 0 aliphatic rings. The summed E-state index contributed by atoms with van der Waals surface area (Å²) in [5, 5.41) is 1.19. The van der Waals surface area contributed by atoms with Gasteiger partial charge in [0.25, 0.3) is 0 Å². The van der Waals surface area contributed by atoms with E-state index in [4.69, 9.17) is 4.11 Å². The van der Waals surface area contributed by atoms with Crippen LogP contribution in [-0.4, -0.2) is 36.7 Å². The summed E-state index contributed by atoms with van der Waals surface area (Å²) in [6, 6.07) is 6.31. The van der Waals surface area contributed by atoms with Gasteiger partial charge < -0.3 is 9.88 Å². The number of thioether (sulfide) groups is 1. The van der Waals surface area contributed by atoms with E-state index in [-0.39, 0.29) is 0 Å². The van der Waals surface area contributed by atoms with Gasteiger partial charge in [0.2, 0.25) is 0 Å². The van der Waals surface area contributed by atoms with Gasteiger partial charge in [0, 0.05) is 32.7 Å². The molecule has 0 fully saturated rings. The molecule has 0 aliphatic carbocycles. The lowest BCUT2D eigenvalue weighted by atomic mass is 10.1. The average Bonchev–Trinajstić information content (AvgIpc) is 2.76. The van der Waals surface area contributed by atoms with E-state index >= 15 is 0 Å². The Balaban J connectivity index is 2.17. The minimum absolute atomic E-state index is 0.521. The monoisotopic (exact) mass is 237 g/mol. The van der Waals surface area contributed by atoms with E-state index in [0.29, 0.717) is 6.54 Å². The molecule has 0 saturated carbocycles. The van der Waals surface area contributed by atoms with Gasteiger partial charge in [0.15, 0.2) is 0 Å². The summed E-state index contributed by atoms with van der Waals surface area (Å²) >= 11 is 1.71. The van der Waals surface area contributed by atoms with Crippen molar-refractivity contribution in [3.8, 4) is 0 Å². The third-order valence-electron chi connectivity index (χ3n) is 2.69. The number of likely N-dealkylation sites (N-methyl/N-ethyl adjacent to an activating group) is 1. The van der Waals surface area contributed by atoms with E-state index in [9.17, 15) is 0 Å². The maximum Gasteiger partial charge on any atom is 0.0457 e. The number of aromatic amines is 1. The minimum Gasteiger partial charge on any atom is -0.361 e. The number of hydrogen-bond acceptors (Lipinski definition) is 2. The zero-order valence-corrected chi connectivity index (χ0v) is 10.4. The van der Waals surface area contributed by atoms with Crippen LogP contribution in [0.15, 0.2) is 29.3 Å². The van der Waals surface area contributed by atoms with Crippen molar-refractivity contribution in [1.82, 2.24) is 9.88 Å². The smallest absolute Gasteiger partial charge is 0.0457 e. The van der Waals surface area contributed by atoms with E-state index in [2.05, 4.69) is 29.4 Å². The van der Waals surface area contributed by atoms with Gasteiger partial charge in [-0.3, -0.25) is 0 Å². The van der Waals surface area contributed by atoms with Crippen LogP contribution < -0.4 is 0 Å². The first-order valence-corrected chi connectivity index (χ1v) is 6.49. The molecule has 1 aromatic carbocycles. The second kappa shape index (κ2) is 4.93. The number of benzene rings is 1. The van der Waals surface area contributed by atoms with Gasteiger partial charge in [0.1, 0.15) is 0 Å². The standard InChI is InChI=1S/C13H18N2S/c1-15(2)7-6-10-9-14-13-5-4-11(16-3)8-12(10)13/h4-5,8-9,14H,6-7H2,1-3H3/i1D3. The molecule has 2 nitrogen and oxygen atoms in total. The largest absolute Gasteiger partial charge is 0.361 e. The maximum absolute atomic E-state index is 7.34. The normalized spacial score (nSPS) is 15.1. The Bertz CT molecular complexity index is 563. The lowest BCUT2D eigenvalue weighted by Gasteiger charge is -2.08. The van der Waals surface area contributed by atoms with Crippen LogP contribution in [0.2, 0.25) is 0 Å². The first kappa shape index (κ1) is 8.20. The van der Waals surface area contributed by atoms with E-state index < -0.39 is 6.98 Å². The van der Waals surface area contributed by atoms with Crippen molar-refractivity contribution >= 4 is 22.7 Å². The highest BCUT2D eigenvalue weighted by atomic mass is 32.2. The van der Waals surface area contributed by atoms with Gasteiger partial charge in [-0.1, -0.05) is 0 Å². The third kappa shape index (κ3) is 2.42. The van der Waals surface area contributed by atoms with Crippen molar-refractivity contribution < 1.29 is 4.11 Å². The predicted molar refractivity (Wildman–Crippen MR) is 72.3 cm³/mol. The Hall–Kier alpha value is -0.930. The fraction of sp³-hybridized carbons (Fsp3) is 0.385. The van der Waals surface area contributed by atoms with Crippen LogP contribution >= 0.6 is 11.8 Å². The van der Waals surface area contributed by atoms with Crippen LogP contribution in [0.4, 0.5) is 0 Å². The van der Waals surface area contributed by atoms with Crippen LogP contribution in [0, 0.1) is 0 Å². The SMILES string of the molecule is [2H]C([2H])([2H])N(C)CCc1c[nH]c2ccc(SC)cc12. The van der Waals surface area contributed by atoms with Crippen molar-refractivity contribution in [3.63, 3.8) is 0 Å². The molecule has 0 atom stereocenters. The molecule has 0 unspecified atom stereocenters.